The molecule has 1 atom stereocenters. The lowest BCUT2D eigenvalue weighted by Gasteiger charge is -2.17. The topological polar surface area (TPSA) is 163 Å². The molecule has 2 amide bonds. The highest BCUT2D eigenvalue weighted by Crippen LogP contribution is 2.31. The normalized spacial score (nSPS) is 12.0. The largest absolute Gasteiger partial charge is 0.495 e. The summed E-state index contributed by atoms with van der Waals surface area (Å²) in [7, 11) is -2.99. The third kappa shape index (κ3) is 6.57. The van der Waals surface area contributed by atoms with Crippen molar-refractivity contribution in [3.63, 3.8) is 0 Å². The van der Waals surface area contributed by atoms with Gasteiger partial charge in [-0.3, -0.25) is 10.1 Å². The molecule has 0 radical (unpaired) electrons. The smallest absolute Gasteiger partial charge is 0.326 e. The van der Waals surface area contributed by atoms with E-state index in [0.29, 0.717) is 27.9 Å². The van der Waals surface area contributed by atoms with Crippen molar-refractivity contribution in [1.29, 1.82) is 0 Å². The van der Waals surface area contributed by atoms with E-state index < -0.39 is 28.1 Å². The minimum atomic E-state index is -4.32. The Kier molecular flexibility index (Phi) is 8.18. The van der Waals surface area contributed by atoms with Crippen LogP contribution in [0.3, 0.4) is 0 Å². The molecule has 0 spiro atoms. The highest BCUT2D eigenvalue weighted by atomic mass is 32.2. The van der Waals surface area contributed by atoms with Crippen LogP contribution in [0.15, 0.2) is 102 Å². The second kappa shape index (κ2) is 12.1. The summed E-state index contributed by atoms with van der Waals surface area (Å²) in [4.78, 5) is 31.7. The number of carboxylic acid groups (broad SMARTS) is 1. The van der Waals surface area contributed by atoms with Gasteiger partial charge in [0.25, 0.3) is 0 Å². The second-order valence-electron chi connectivity index (χ2n) is 9.33. The molecular formula is C30H27N5O6S. The number of carboxylic acids is 1. The Labute approximate surface area is 241 Å². The quantitative estimate of drug-likeness (QED) is 0.156. The number of benzene rings is 4. The van der Waals surface area contributed by atoms with Crippen LogP contribution >= 0.6 is 0 Å². The Morgan fingerprint density at radius 1 is 0.905 bits per heavy atom. The molecule has 42 heavy (non-hydrogen) atoms. The number of sulfonamides is 1. The number of hydrogen-bond donors (Lipinski definition) is 5. The third-order valence-corrected chi connectivity index (χ3v) is 7.90. The first-order valence-electron chi connectivity index (χ1n) is 12.8. The van der Waals surface area contributed by atoms with Crippen molar-refractivity contribution >= 4 is 44.7 Å². The Bertz CT molecular complexity index is 1820. The maximum Gasteiger partial charge on any atom is 0.326 e. The van der Waals surface area contributed by atoms with Crippen molar-refractivity contribution in [1.82, 2.24) is 14.7 Å². The van der Waals surface area contributed by atoms with Gasteiger partial charge in [0.2, 0.25) is 16.0 Å². The fourth-order valence-electron chi connectivity index (χ4n) is 4.40. The lowest BCUT2D eigenvalue weighted by Crippen LogP contribution is -2.42. The number of rotatable bonds is 10. The van der Waals surface area contributed by atoms with Gasteiger partial charge in [0.05, 0.1) is 18.1 Å². The highest BCUT2D eigenvalue weighted by molar-refractivity contribution is 7.89. The van der Waals surface area contributed by atoms with Crippen LogP contribution in [0.25, 0.3) is 22.2 Å². The predicted molar refractivity (Wildman–Crippen MR) is 159 cm³/mol. The monoisotopic (exact) mass is 585 g/mol. The number of aliphatic carboxylic acids is 1. The molecule has 11 nitrogen and oxygen atoms in total. The number of ether oxygens (including phenoxy) is 1. The summed E-state index contributed by atoms with van der Waals surface area (Å²) in [5, 5.41) is 15.1. The molecule has 12 heteroatoms. The van der Waals surface area contributed by atoms with Gasteiger partial charge in [0, 0.05) is 5.69 Å². The molecule has 0 fully saturated rings. The minimum absolute atomic E-state index is 0.0405. The highest BCUT2D eigenvalue weighted by Gasteiger charge is 2.28. The second-order valence-corrected chi connectivity index (χ2v) is 11.0. The van der Waals surface area contributed by atoms with E-state index in [1.807, 2.05) is 24.3 Å². The van der Waals surface area contributed by atoms with Crippen LogP contribution in [0, 0.1) is 0 Å². The van der Waals surface area contributed by atoms with Crippen LogP contribution in [0.4, 0.5) is 16.4 Å². The number of amides is 2. The Morgan fingerprint density at radius 3 is 2.38 bits per heavy atom. The van der Waals surface area contributed by atoms with E-state index in [1.165, 1.54) is 19.2 Å². The van der Waals surface area contributed by atoms with E-state index in [9.17, 15) is 23.1 Å². The first-order chi connectivity index (χ1) is 20.2. The molecule has 1 aromatic heterocycles. The maximum absolute atomic E-state index is 13.4. The number of nitrogens with zero attached hydrogens (tertiary/aromatic N) is 1. The van der Waals surface area contributed by atoms with Crippen molar-refractivity contribution in [2.24, 2.45) is 0 Å². The van der Waals surface area contributed by atoms with Crippen LogP contribution in [0.1, 0.15) is 5.56 Å². The van der Waals surface area contributed by atoms with Gasteiger partial charge in [-0.05, 0) is 59.5 Å². The zero-order valence-electron chi connectivity index (χ0n) is 22.4. The fourth-order valence-corrected chi connectivity index (χ4v) is 5.79. The molecule has 214 valence electrons. The Morgan fingerprint density at radius 2 is 1.64 bits per heavy atom. The van der Waals surface area contributed by atoms with Gasteiger partial charge in [-0.15, -0.1) is 0 Å². The molecule has 5 rings (SSSR count). The molecule has 0 saturated heterocycles. The maximum atomic E-state index is 13.4. The van der Waals surface area contributed by atoms with Crippen LogP contribution in [0.5, 0.6) is 5.75 Å². The van der Waals surface area contributed by atoms with E-state index >= 15 is 0 Å². The predicted octanol–water partition coefficient (Wildman–Crippen LogP) is 4.86. The molecular weight excluding hydrogens is 558 g/mol. The summed E-state index contributed by atoms with van der Waals surface area (Å²) < 4.78 is 34.4. The lowest BCUT2D eigenvalue weighted by molar-refractivity contribution is -0.138. The van der Waals surface area contributed by atoms with E-state index in [2.05, 4.69) is 25.3 Å². The number of imidazole rings is 1. The number of urea groups is 1. The first-order valence-corrected chi connectivity index (χ1v) is 14.3. The Balaban J connectivity index is 1.36. The average molecular weight is 586 g/mol. The van der Waals surface area contributed by atoms with E-state index in [4.69, 9.17) is 4.74 Å². The summed E-state index contributed by atoms with van der Waals surface area (Å²) >= 11 is 0. The number of carbonyl (C=O) groups is 2. The number of para-hydroxylation sites is 2. The van der Waals surface area contributed by atoms with Gasteiger partial charge in [-0.1, -0.05) is 60.7 Å². The summed E-state index contributed by atoms with van der Waals surface area (Å²) in [5.74, 6) is -0.971. The summed E-state index contributed by atoms with van der Waals surface area (Å²) in [6.07, 6.45) is -0.0405. The number of fused-ring (bicyclic) bond motifs is 1. The van der Waals surface area contributed by atoms with Crippen molar-refractivity contribution in [2.45, 2.75) is 17.4 Å². The number of anilines is 2. The van der Waals surface area contributed by atoms with Gasteiger partial charge >= 0.3 is 12.0 Å². The number of hydrogen-bond acceptors (Lipinski definition) is 6. The minimum Gasteiger partial charge on any atom is -0.495 e. The zero-order chi connectivity index (χ0) is 29.7. The number of nitrogens with one attached hydrogen (secondary N) is 4. The molecule has 0 aliphatic rings. The molecule has 5 aromatic rings. The molecule has 1 heterocycles. The number of aromatic nitrogens is 2. The van der Waals surface area contributed by atoms with Crippen LogP contribution < -0.4 is 20.1 Å². The van der Waals surface area contributed by atoms with Crippen molar-refractivity contribution < 1.29 is 27.9 Å². The van der Waals surface area contributed by atoms with Gasteiger partial charge in [-0.25, -0.2) is 18.2 Å². The van der Waals surface area contributed by atoms with Crippen LogP contribution in [-0.2, 0) is 21.2 Å². The number of H-pyrrole nitrogens is 1. The molecule has 0 saturated carbocycles. The molecule has 0 bridgehead atoms. The van der Waals surface area contributed by atoms with Crippen molar-refractivity contribution in [2.75, 3.05) is 17.7 Å². The van der Waals surface area contributed by atoms with Gasteiger partial charge < -0.3 is 20.1 Å². The lowest BCUT2D eigenvalue weighted by atomic mass is 10.0. The summed E-state index contributed by atoms with van der Waals surface area (Å²) in [5.41, 5.74) is 3.73. The van der Waals surface area contributed by atoms with Crippen LogP contribution in [-0.4, -0.2) is 48.6 Å². The number of methoxy groups -OCH3 is 1. The van der Waals surface area contributed by atoms with E-state index in [1.54, 1.807) is 60.7 Å². The third-order valence-electron chi connectivity index (χ3n) is 6.41. The summed E-state index contributed by atoms with van der Waals surface area (Å²) in [6.45, 7) is 0. The van der Waals surface area contributed by atoms with E-state index in [0.717, 1.165) is 5.52 Å². The molecule has 4 aromatic carbocycles. The van der Waals surface area contributed by atoms with Crippen molar-refractivity contribution in [3.05, 3.63) is 103 Å². The number of carbonyl (C=O) groups excluding carboxylic acids is 1. The van der Waals surface area contributed by atoms with Gasteiger partial charge in [0.1, 0.15) is 16.7 Å². The Hall–Kier alpha value is -5.20. The van der Waals surface area contributed by atoms with Gasteiger partial charge in [0.15, 0.2) is 0 Å². The first kappa shape index (κ1) is 28.3. The van der Waals surface area contributed by atoms with Gasteiger partial charge in [-0.2, -0.15) is 4.72 Å². The fraction of sp³-hybridized carbons (Fsp3) is 0.100. The SMILES string of the molecule is COc1ccc(-c2cccc(NC(=O)Nc3nc4ccccc4[nH]3)c2)cc1S(=O)(=O)N[C@@H](Cc1ccccc1)C(=O)O. The van der Waals surface area contributed by atoms with E-state index in [-0.39, 0.29) is 23.0 Å². The van der Waals surface area contributed by atoms with Crippen molar-refractivity contribution in [3.8, 4) is 16.9 Å². The summed E-state index contributed by atoms with van der Waals surface area (Å²) in [6, 6.07) is 25.6. The molecule has 0 unspecified atom stereocenters. The average Bonchev–Trinajstić information content (AvgIpc) is 3.39. The molecule has 0 aliphatic heterocycles. The van der Waals surface area contributed by atoms with Crippen LogP contribution in [0.2, 0.25) is 0 Å². The molecule has 5 N–H and O–H groups in total. The zero-order valence-corrected chi connectivity index (χ0v) is 23.2. The standard InChI is InChI=1S/C30H27N5O6S/c1-41-26-15-14-21(18-27(26)42(39,40)35-25(28(36)37)16-19-8-3-2-4-9-19)20-10-7-11-22(17-20)31-30(38)34-29-32-23-12-5-6-13-24(23)33-29/h2-15,17-18,25,35H,16H2,1H3,(H,36,37)(H3,31,32,33,34,38)/t25-/m0/s1. The molecule has 0 aliphatic carbocycles. The number of aromatic amines is 1.